The fraction of sp³-hybridized carbons (Fsp3) is 0.250. The minimum atomic E-state index is -0.475. The Morgan fingerprint density at radius 1 is 1.47 bits per heavy atom. The third kappa shape index (κ3) is 1.93. The Labute approximate surface area is 108 Å². The highest BCUT2D eigenvalue weighted by molar-refractivity contribution is 5.48. The largest absolute Gasteiger partial charge is 0.508 e. The predicted octanol–water partition coefficient (Wildman–Crippen LogP) is 1.26. The van der Waals surface area contributed by atoms with E-state index in [1.54, 1.807) is 6.33 Å². The molecule has 2 heterocycles. The molecule has 1 aliphatic heterocycles. The van der Waals surface area contributed by atoms with Crippen molar-refractivity contribution < 1.29 is 10.0 Å². The van der Waals surface area contributed by atoms with Crippen molar-refractivity contribution >= 4 is 5.69 Å². The van der Waals surface area contributed by atoms with Gasteiger partial charge < -0.3 is 15.4 Å². The third-order valence-electron chi connectivity index (χ3n) is 3.28. The van der Waals surface area contributed by atoms with Gasteiger partial charge in [0.15, 0.2) is 0 Å². The van der Waals surface area contributed by atoms with E-state index in [-0.39, 0.29) is 17.5 Å². The molecular formula is C12H12N4O3. The second kappa shape index (κ2) is 4.36. The normalized spacial score (nSPS) is 18.0. The van der Waals surface area contributed by atoms with E-state index >= 15 is 0 Å². The SMILES string of the molecule is O=[N+]([O-])c1ccc(O)c(C2NCCc3[nH]cnc32)c1. The number of hydrogen-bond acceptors (Lipinski definition) is 5. The summed E-state index contributed by atoms with van der Waals surface area (Å²) < 4.78 is 0. The van der Waals surface area contributed by atoms with Crippen molar-refractivity contribution in [3.8, 4) is 5.75 Å². The second-order valence-corrected chi connectivity index (χ2v) is 4.40. The molecule has 3 rings (SSSR count). The van der Waals surface area contributed by atoms with E-state index in [4.69, 9.17) is 0 Å². The summed E-state index contributed by atoms with van der Waals surface area (Å²) in [5.74, 6) is 0.0268. The lowest BCUT2D eigenvalue weighted by molar-refractivity contribution is -0.385. The van der Waals surface area contributed by atoms with Gasteiger partial charge in [0.2, 0.25) is 0 Å². The number of non-ortho nitro benzene ring substituents is 1. The number of imidazole rings is 1. The molecule has 1 unspecified atom stereocenters. The summed E-state index contributed by atoms with van der Waals surface area (Å²) >= 11 is 0. The quantitative estimate of drug-likeness (QED) is 0.557. The number of nitro benzene ring substituents is 1. The van der Waals surface area contributed by atoms with Crippen LogP contribution in [0.5, 0.6) is 5.75 Å². The molecule has 7 nitrogen and oxygen atoms in total. The molecule has 1 atom stereocenters. The Bertz CT molecular complexity index is 638. The highest BCUT2D eigenvalue weighted by Gasteiger charge is 2.27. The number of nitrogens with one attached hydrogen (secondary N) is 2. The highest BCUT2D eigenvalue weighted by atomic mass is 16.6. The van der Waals surface area contributed by atoms with Gasteiger partial charge in [0, 0.05) is 36.4 Å². The van der Waals surface area contributed by atoms with Crippen molar-refractivity contribution in [1.82, 2.24) is 15.3 Å². The standard InChI is InChI=1S/C12H12N4O3/c17-10-2-1-7(16(18)19)5-8(10)11-12-9(3-4-13-11)14-6-15-12/h1-2,5-6,11,13,17H,3-4H2,(H,14,15). The van der Waals surface area contributed by atoms with Gasteiger partial charge in [-0.05, 0) is 6.07 Å². The van der Waals surface area contributed by atoms with Crippen LogP contribution in [0.15, 0.2) is 24.5 Å². The first-order valence-electron chi connectivity index (χ1n) is 5.89. The topological polar surface area (TPSA) is 104 Å². The zero-order chi connectivity index (χ0) is 13.4. The van der Waals surface area contributed by atoms with Crippen molar-refractivity contribution in [2.75, 3.05) is 6.54 Å². The first-order chi connectivity index (χ1) is 9.16. The summed E-state index contributed by atoms with van der Waals surface area (Å²) in [4.78, 5) is 17.6. The van der Waals surface area contributed by atoms with Crippen LogP contribution in [0.1, 0.15) is 23.0 Å². The van der Waals surface area contributed by atoms with E-state index in [1.165, 1.54) is 18.2 Å². The summed E-state index contributed by atoms with van der Waals surface area (Å²) in [6.45, 7) is 0.724. The molecule has 0 saturated carbocycles. The number of aromatic amines is 1. The summed E-state index contributed by atoms with van der Waals surface area (Å²) in [7, 11) is 0. The summed E-state index contributed by atoms with van der Waals surface area (Å²) in [5.41, 5.74) is 2.20. The number of phenolic OH excluding ortho intramolecular Hbond substituents is 1. The Hall–Kier alpha value is -2.41. The Morgan fingerprint density at radius 3 is 3.11 bits per heavy atom. The van der Waals surface area contributed by atoms with E-state index in [2.05, 4.69) is 15.3 Å². The minimum absolute atomic E-state index is 0.0268. The fourth-order valence-electron chi connectivity index (χ4n) is 2.36. The molecular weight excluding hydrogens is 248 g/mol. The monoisotopic (exact) mass is 260 g/mol. The van der Waals surface area contributed by atoms with Gasteiger partial charge >= 0.3 is 0 Å². The molecule has 0 bridgehead atoms. The number of rotatable bonds is 2. The van der Waals surface area contributed by atoms with Crippen LogP contribution < -0.4 is 5.32 Å². The van der Waals surface area contributed by atoms with Gasteiger partial charge in [-0.3, -0.25) is 10.1 Å². The van der Waals surface area contributed by atoms with E-state index in [9.17, 15) is 15.2 Å². The summed E-state index contributed by atoms with van der Waals surface area (Å²) in [6.07, 6.45) is 2.42. The summed E-state index contributed by atoms with van der Waals surface area (Å²) in [6, 6.07) is 3.69. The van der Waals surface area contributed by atoms with E-state index in [0.717, 1.165) is 24.4 Å². The number of nitro groups is 1. The van der Waals surface area contributed by atoms with Crippen LogP contribution >= 0.6 is 0 Å². The van der Waals surface area contributed by atoms with Crippen LogP contribution in [0.25, 0.3) is 0 Å². The lowest BCUT2D eigenvalue weighted by Crippen LogP contribution is -2.30. The molecule has 0 saturated heterocycles. The van der Waals surface area contributed by atoms with Gasteiger partial charge in [0.05, 0.1) is 23.0 Å². The molecule has 0 aliphatic carbocycles. The Morgan fingerprint density at radius 2 is 2.32 bits per heavy atom. The van der Waals surface area contributed by atoms with Crippen molar-refractivity contribution in [3.05, 3.63) is 51.6 Å². The van der Waals surface area contributed by atoms with Crippen LogP contribution in [0.4, 0.5) is 5.69 Å². The number of hydrogen-bond donors (Lipinski definition) is 3. The van der Waals surface area contributed by atoms with Gasteiger partial charge in [0.25, 0.3) is 5.69 Å². The van der Waals surface area contributed by atoms with Crippen molar-refractivity contribution in [1.29, 1.82) is 0 Å². The minimum Gasteiger partial charge on any atom is -0.508 e. The molecule has 7 heteroatoms. The van der Waals surface area contributed by atoms with Crippen LogP contribution in [-0.2, 0) is 6.42 Å². The van der Waals surface area contributed by atoms with Gasteiger partial charge in [-0.2, -0.15) is 0 Å². The highest BCUT2D eigenvalue weighted by Crippen LogP contribution is 2.34. The number of benzene rings is 1. The number of aromatic nitrogens is 2. The van der Waals surface area contributed by atoms with E-state index in [1.807, 2.05) is 0 Å². The molecule has 0 spiro atoms. The first kappa shape index (κ1) is 11.7. The fourth-order valence-corrected chi connectivity index (χ4v) is 2.36. The van der Waals surface area contributed by atoms with Gasteiger partial charge in [-0.25, -0.2) is 4.98 Å². The van der Waals surface area contributed by atoms with E-state index in [0.29, 0.717) is 5.56 Å². The number of nitrogens with zero attached hydrogens (tertiary/aromatic N) is 2. The lowest BCUT2D eigenvalue weighted by Gasteiger charge is -2.23. The van der Waals surface area contributed by atoms with Crippen LogP contribution in [-0.4, -0.2) is 26.5 Å². The molecule has 1 aromatic carbocycles. The van der Waals surface area contributed by atoms with Crippen molar-refractivity contribution in [2.45, 2.75) is 12.5 Å². The zero-order valence-electron chi connectivity index (χ0n) is 9.96. The third-order valence-corrected chi connectivity index (χ3v) is 3.28. The predicted molar refractivity (Wildman–Crippen MR) is 66.9 cm³/mol. The maximum Gasteiger partial charge on any atom is 0.270 e. The van der Waals surface area contributed by atoms with Crippen molar-refractivity contribution in [2.24, 2.45) is 0 Å². The average Bonchev–Trinajstić information content (AvgIpc) is 2.87. The van der Waals surface area contributed by atoms with Gasteiger partial charge in [-0.15, -0.1) is 0 Å². The molecule has 98 valence electrons. The van der Waals surface area contributed by atoms with Gasteiger partial charge in [0.1, 0.15) is 5.75 Å². The Kier molecular flexibility index (Phi) is 2.68. The van der Waals surface area contributed by atoms with Crippen molar-refractivity contribution in [3.63, 3.8) is 0 Å². The number of H-pyrrole nitrogens is 1. The van der Waals surface area contributed by atoms with Crippen LogP contribution in [0.2, 0.25) is 0 Å². The van der Waals surface area contributed by atoms with Crippen LogP contribution in [0.3, 0.4) is 0 Å². The molecule has 1 aliphatic rings. The lowest BCUT2D eigenvalue weighted by atomic mass is 9.97. The molecule has 2 aromatic rings. The maximum atomic E-state index is 10.8. The molecule has 0 fully saturated rings. The second-order valence-electron chi connectivity index (χ2n) is 4.40. The van der Waals surface area contributed by atoms with Crippen LogP contribution in [0, 0.1) is 10.1 Å². The smallest absolute Gasteiger partial charge is 0.270 e. The maximum absolute atomic E-state index is 10.8. The average molecular weight is 260 g/mol. The number of fused-ring (bicyclic) bond motifs is 1. The molecule has 0 radical (unpaired) electrons. The van der Waals surface area contributed by atoms with E-state index < -0.39 is 4.92 Å². The molecule has 1 aromatic heterocycles. The number of phenols is 1. The zero-order valence-corrected chi connectivity index (χ0v) is 9.96. The molecule has 3 N–H and O–H groups in total. The van der Waals surface area contributed by atoms with Gasteiger partial charge in [-0.1, -0.05) is 0 Å². The Balaban J connectivity index is 2.08. The molecule has 0 amide bonds. The first-order valence-corrected chi connectivity index (χ1v) is 5.89. The summed E-state index contributed by atoms with van der Waals surface area (Å²) in [5, 5.41) is 24.0. The molecule has 19 heavy (non-hydrogen) atoms. The number of aromatic hydroxyl groups is 1.